The fourth-order valence-electron chi connectivity index (χ4n) is 4.59. The highest BCUT2D eigenvalue weighted by Gasteiger charge is 2.12. The van der Waals surface area contributed by atoms with Gasteiger partial charge in [0.1, 0.15) is 11.5 Å². The molecule has 2 N–H and O–H groups in total. The zero-order valence-electron chi connectivity index (χ0n) is 22.8. The number of ether oxygens (including phenoxy) is 1. The molecule has 0 atom stereocenters. The largest absolute Gasteiger partial charge is 0.508 e. The summed E-state index contributed by atoms with van der Waals surface area (Å²) in [6, 6.07) is 12.1. The number of esters is 1. The summed E-state index contributed by atoms with van der Waals surface area (Å²) in [5.74, 6) is 0.241. The minimum absolute atomic E-state index is 0.142. The molecule has 0 bridgehead atoms. The predicted octanol–water partition coefficient (Wildman–Crippen LogP) is 9.59. The number of phenolic OH excluding ortho intramolecular Hbond substituents is 1. The molecule has 0 aliphatic carbocycles. The van der Waals surface area contributed by atoms with Crippen molar-refractivity contribution in [1.29, 1.82) is 0 Å². The summed E-state index contributed by atoms with van der Waals surface area (Å²) in [6.45, 7) is 5.03. The van der Waals surface area contributed by atoms with Gasteiger partial charge >= 0.3 is 5.97 Å². The van der Waals surface area contributed by atoms with E-state index in [1.807, 2.05) is 24.3 Å². The molecule has 2 aromatic carbocycles. The third-order valence-corrected chi connectivity index (χ3v) is 6.85. The fraction of sp³-hybridized carbons (Fsp3) is 0.594. The van der Waals surface area contributed by atoms with E-state index in [0.29, 0.717) is 16.9 Å². The Hall–Kier alpha value is -2.49. The average Bonchev–Trinajstić information content (AvgIpc) is 2.86. The minimum Gasteiger partial charge on any atom is -0.508 e. The average molecular weight is 496 g/mol. The van der Waals surface area contributed by atoms with Crippen LogP contribution in [0.1, 0.15) is 126 Å². The SMILES string of the molecule is CCCCCCCCCCCCCCCCCCNc1ccc(OC(=O)c2ccc(O)cc2C)cc1. The van der Waals surface area contributed by atoms with Crippen LogP contribution < -0.4 is 10.1 Å². The molecule has 200 valence electrons. The highest BCUT2D eigenvalue weighted by molar-refractivity contribution is 5.92. The van der Waals surface area contributed by atoms with Gasteiger partial charge < -0.3 is 15.2 Å². The van der Waals surface area contributed by atoms with E-state index in [0.717, 1.165) is 12.2 Å². The first-order chi connectivity index (χ1) is 17.6. The second-order valence-electron chi connectivity index (χ2n) is 10.1. The molecule has 0 unspecified atom stereocenters. The Morgan fingerprint density at radius 2 is 1.22 bits per heavy atom. The van der Waals surface area contributed by atoms with Crippen molar-refractivity contribution in [2.45, 2.75) is 117 Å². The summed E-state index contributed by atoms with van der Waals surface area (Å²) in [6.07, 6.45) is 22.1. The molecule has 0 fully saturated rings. The standard InChI is InChI=1S/C32H49NO3/c1-3-4-5-6-7-8-9-10-11-12-13-14-15-16-17-18-25-33-28-19-22-30(23-20-28)36-32(35)31-24-21-29(34)26-27(31)2/h19-24,26,33-34H,3-18,25H2,1-2H3. The van der Waals surface area contributed by atoms with Crippen LogP contribution in [0.4, 0.5) is 5.69 Å². The summed E-state index contributed by atoms with van der Waals surface area (Å²) < 4.78 is 5.47. The maximum absolute atomic E-state index is 12.4. The van der Waals surface area contributed by atoms with E-state index in [-0.39, 0.29) is 5.75 Å². The van der Waals surface area contributed by atoms with Crippen molar-refractivity contribution in [2.24, 2.45) is 0 Å². The highest BCUT2D eigenvalue weighted by atomic mass is 16.5. The summed E-state index contributed by atoms with van der Waals surface area (Å²) in [4.78, 5) is 12.4. The Bertz CT molecular complexity index is 847. The molecule has 2 rings (SSSR count). The molecule has 4 heteroatoms. The number of rotatable bonds is 20. The Labute approximate surface area is 219 Å². The zero-order valence-corrected chi connectivity index (χ0v) is 22.8. The Kier molecular flexibility index (Phi) is 15.5. The van der Waals surface area contributed by atoms with Crippen LogP contribution in [0.15, 0.2) is 42.5 Å². The molecule has 0 heterocycles. The molecule has 2 aromatic rings. The summed E-state index contributed by atoms with van der Waals surface area (Å²) in [7, 11) is 0. The first kappa shape index (κ1) is 29.7. The van der Waals surface area contributed by atoms with Crippen LogP contribution >= 0.6 is 0 Å². The van der Waals surface area contributed by atoms with Gasteiger partial charge in [0.25, 0.3) is 0 Å². The number of phenols is 1. The number of unbranched alkanes of at least 4 members (excludes halogenated alkanes) is 15. The molecular formula is C32H49NO3. The second kappa shape index (κ2) is 18.7. The van der Waals surface area contributed by atoms with Gasteiger partial charge in [0.05, 0.1) is 5.56 Å². The lowest BCUT2D eigenvalue weighted by Crippen LogP contribution is -2.10. The van der Waals surface area contributed by atoms with E-state index in [2.05, 4.69) is 12.2 Å². The van der Waals surface area contributed by atoms with Crippen LogP contribution in [0.5, 0.6) is 11.5 Å². The number of hydrogen-bond acceptors (Lipinski definition) is 4. The summed E-state index contributed by atoms with van der Waals surface area (Å²) in [5.41, 5.74) is 2.19. The Balaban J connectivity index is 1.43. The van der Waals surface area contributed by atoms with E-state index in [1.54, 1.807) is 19.1 Å². The number of aromatic hydroxyl groups is 1. The first-order valence-electron chi connectivity index (χ1n) is 14.5. The van der Waals surface area contributed by atoms with Crippen LogP contribution in [-0.2, 0) is 0 Å². The quantitative estimate of drug-likeness (QED) is 0.109. The molecule has 0 saturated carbocycles. The number of hydrogen-bond donors (Lipinski definition) is 2. The fourth-order valence-corrected chi connectivity index (χ4v) is 4.59. The lowest BCUT2D eigenvalue weighted by molar-refractivity contribution is 0.0734. The predicted molar refractivity (Wildman–Crippen MR) is 152 cm³/mol. The van der Waals surface area contributed by atoms with Crippen molar-refractivity contribution in [3.63, 3.8) is 0 Å². The van der Waals surface area contributed by atoms with Crippen molar-refractivity contribution >= 4 is 11.7 Å². The molecule has 0 aromatic heterocycles. The van der Waals surface area contributed by atoms with Crippen LogP contribution in [0.2, 0.25) is 0 Å². The van der Waals surface area contributed by atoms with Gasteiger partial charge in [-0.3, -0.25) is 0 Å². The van der Waals surface area contributed by atoms with Gasteiger partial charge in [0.2, 0.25) is 0 Å². The van der Waals surface area contributed by atoms with E-state index < -0.39 is 5.97 Å². The Morgan fingerprint density at radius 3 is 1.72 bits per heavy atom. The number of nitrogens with one attached hydrogen (secondary N) is 1. The second-order valence-corrected chi connectivity index (χ2v) is 10.1. The van der Waals surface area contributed by atoms with Crippen molar-refractivity contribution in [2.75, 3.05) is 11.9 Å². The van der Waals surface area contributed by atoms with E-state index in [9.17, 15) is 9.90 Å². The van der Waals surface area contributed by atoms with Crippen LogP contribution in [0, 0.1) is 6.92 Å². The monoisotopic (exact) mass is 495 g/mol. The molecule has 0 aliphatic rings. The number of aryl methyl sites for hydroxylation is 1. The minimum atomic E-state index is -0.415. The molecule has 36 heavy (non-hydrogen) atoms. The smallest absolute Gasteiger partial charge is 0.343 e. The van der Waals surface area contributed by atoms with Gasteiger partial charge in [-0.25, -0.2) is 4.79 Å². The van der Waals surface area contributed by atoms with Crippen molar-refractivity contribution in [3.05, 3.63) is 53.6 Å². The molecule has 0 spiro atoms. The lowest BCUT2D eigenvalue weighted by atomic mass is 10.0. The summed E-state index contributed by atoms with van der Waals surface area (Å²) >= 11 is 0. The zero-order chi connectivity index (χ0) is 25.8. The molecule has 0 aliphatic heterocycles. The molecule has 0 saturated heterocycles. The third kappa shape index (κ3) is 13.0. The van der Waals surface area contributed by atoms with Crippen molar-refractivity contribution in [1.82, 2.24) is 0 Å². The van der Waals surface area contributed by atoms with Gasteiger partial charge in [0, 0.05) is 12.2 Å². The van der Waals surface area contributed by atoms with Crippen molar-refractivity contribution in [3.8, 4) is 11.5 Å². The maximum atomic E-state index is 12.4. The molecule has 0 radical (unpaired) electrons. The van der Waals surface area contributed by atoms with Gasteiger partial charge in [-0.05, 0) is 61.4 Å². The van der Waals surface area contributed by atoms with Crippen LogP contribution in [-0.4, -0.2) is 17.6 Å². The molecule has 4 nitrogen and oxygen atoms in total. The van der Waals surface area contributed by atoms with Gasteiger partial charge in [0.15, 0.2) is 0 Å². The van der Waals surface area contributed by atoms with Gasteiger partial charge in [-0.2, -0.15) is 0 Å². The van der Waals surface area contributed by atoms with Crippen LogP contribution in [0.3, 0.4) is 0 Å². The summed E-state index contributed by atoms with van der Waals surface area (Å²) in [5, 5.41) is 12.9. The Morgan fingerprint density at radius 1 is 0.722 bits per heavy atom. The normalized spacial score (nSPS) is 10.9. The topological polar surface area (TPSA) is 58.6 Å². The van der Waals surface area contributed by atoms with Gasteiger partial charge in [-0.1, -0.05) is 103 Å². The maximum Gasteiger partial charge on any atom is 0.343 e. The van der Waals surface area contributed by atoms with E-state index in [1.165, 1.54) is 109 Å². The lowest BCUT2D eigenvalue weighted by Gasteiger charge is -2.09. The first-order valence-corrected chi connectivity index (χ1v) is 14.5. The van der Waals surface area contributed by atoms with Crippen molar-refractivity contribution < 1.29 is 14.6 Å². The molecule has 0 amide bonds. The van der Waals surface area contributed by atoms with Gasteiger partial charge in [-0.15, -0.1) is 0 Å². The van der Waals surface area contributed by atoms with Crippen LogP contribution in [0.25, 0.3) is 0 Å². The van der Waals surface area contributed by atoms with E-state index in [4.69, 9.17) is 4.74 Å². The molecular weight excluding hydrogens is 446 g/mol. The number of anilines is 1. The number of carbonyl (C=O) groups is 1. The third-order valence-electron chi connectivity index (χ3n) is 6.85. The highest BCUT2D eigenvalue weighted by Crippen LogP contribution is 2.21. The van der Waals surface area contributed by atoms with E-state index >= 15 is 0 Å². The number of benzene rings is 2. The number of carbonyl (C=O) groups excluding carboxylic acids is 1.